The second-order valence-electron chi connectivity index (χ2n) is 5.97. The van der Waals surface area contributed by atoms with Crippen molar-refractivity contribution in [2.45, 2.75) is 20.5 Å². The molecule has 2 nitrogen and oxygen atoms in total. The van der Waals surface area contributed by atoms with Crippen LogP contribution in [0.5, 0.6) is 5.75 Å². The van der Waals surface area contributed by atoms with Crippen molar-refractivity contribution in [1.82, 2.24) is 0 Å². The molecule has 0 aliphatic rings. The highest BCUT2D eigenvalue weighted by Gasteiger charge is 2.04. The molecule has 3 heteroatoms. The van der Waals surface area contributed by atoms with Gasteiger partial charge in [-0.25, -0.2) is 0 Å². The number of aliphatic imine (C=N–C) groups is 1. The van der Waals surface area contributed by atoms with Crippen LogP contribution in [-0.4, -0.2) is 6.21 Å². The second kappa shape index (κ2) is 8.00. The highest BCUT2D eigenvalue weighted by Crippen LogP contribution is 2.23. The molecule has 3 aromatic carbocycles. The molecular formula is C22H20ClNO. The first kappa shape index (κ1) is 17.2. The van der Waals surface area contributed by atoms with Crippen LogP contribution in [0.25, 0.3) is 0 Å². The molecule has 0 aliphatic carbocycles. The highest BCUT2D eigenvalue weighted by atomic mass is 35.5. The first-order valence-corrected chi connectivity index (χ1v) is 8.58. The monoisotopic (exact) mass is 349 g/mol. The van der Waals surface area contributed by atoms with Gasteiger partial charge in [0.25, 0.3) is 0 Å². The third kappa shape index (κ3) is 4.49. The summed E-state index contributed by atoms with van der Waals surface area (Å²) in [6.45, 7) is 4.55. The molecule has 25 heavy (non-hydrogen) atoms. The lowest BCUT2D eigenvalue weighted by molar-refractivity contribution is 0.306. The minimum absolute atomic E-state index is 0.425. The first-order chi connectivity index (χ1) is 12.1. The molecule has 0 saturated heterocycles. The molecule has 0 amide bonds. The van der Waals surface area contributed by atoms with Crippen molar-refractivity contribution in [3.63, 3.8) is 0 Å². The maximum absolute atomic E-state index is 6.20. The SMILES string of the molecule is Cc1ccc(C)c(N=Cc2ccccc2OCc2ccccc2Cl)c1. The fourth-order valence-corrected chi connectivity index (χ4v) is 2.68. The normalized spacial score (nSPS) is 11.0. The van der Waals surface area contributed by atoms with E-state index in [1.165, 1.54) is 5.56 Å². The molecule has 126 valence electrons. The lowest BCUT2D eigenvalue weighted by Crippen LogP contribution is -1.98. The zero-order chi connectivity index (χ0) is 17.6. The predicted molar refractivity (Wildman–Crippen MR) is 105 cm³/mol. The molecule has 3 rings (SSSR count). The average Bonchev–Trinajstić information content (AvgIpc) is 2.62. The summed E-state index contributed by atoms with van der Waals surface area (Å²) in [4.78, 5) is 4.64. The standard InChI is InChI=1S/C22H20ClNO/c1-16-11-12-17(2)21(13-16)24-14-18-7-4-6-10-22(18)25-15-19-8-3-5-9-20(19)23/h3-14H,15H2,1-2H3. The molecule has 0 N–H and O–H groups in total. The average molecular weight is 350 g/mol. The highest BCUT2D eigenvalue weighted by molar-refractivity contribution is 6.31. The Morgan fingerprint density at radius 3 is 2.56 bits per heavy atom. The van der Waals surface area contributed by atoms with E-state index in [1.807, 2.05) is 54.7 Å². The Kier molecular flexibility index (Phi) is 5.52. The molecule has 0 aromatic heterocycles. The summed E-state index contributed by atoms with van der Waals surface area (Å²) in [6.07, 6.45) is 1.85. The van der Waals surface area contributed by atoms with E-state index in [4.69, 9.17) is 16.3 Å². The first-order valence-electron chi connectivity index (χ1n) is 8.20. The van der Waals surface area contributed by atoms with Crippen molar-refractivity contribution in [2.75, 3.05) is 0 Å². The van der Waals surface area contributed by atoms with Crippen molar-refractivity contribution in [3.05, 3.63) is 94.0 Å². The van der Waals surface area contributed by atoms with E-state index in [1.54, 1.807) is 0 Å². The van der Waals surface area contributed by atoms with E-state index in [0.717, 1.165) is 28.1 Å². The van der Waals surface area contributed by atoms with Crippen molar-refractivity contribution >= 4 is 23.5 Å². The van der Waals surface area contributed by atoms with Gasteiger partial charge in [-0.05, 0) is 49.2 Å². The second-order valence-corrected chi connectivity index (χ2v) is 6.37. The van der Waals surface area contributed by atoms with Crippen LogP contribution >= 0.6 is 11.6 Å². The van der Waals surface area contributed by atoms with E-state index in [0.29, 0.717) is 11.6 Å². The Morgan fingerprint density at radius 1 is 0.960 bits per heavy atom. The van der Waals surface area contributed by atoms with E-state index in [2.05, 4.69) is 37.0 Å². The number of para-hydroxylation sites is 1. The number of halogens is 1. The van der Waals surface area contributed by atoms with Gasteiger partial charge in [0.05, 0.1) is 5.69 Å². The number of ether oxygens (including phenoxy) is 1. The van der Waals surface area contributed by atoms with Gasteiger partial charge in [-0.1, -0.05) is 54.1 Å². The Bertz CT molecular complexity index is 902. The van der Waals surface area contributed by atoms with Gasteiger partial charge in [0, 0.05) is 22.4 Å². The van der Waals surface area contributed by atoms with E-state index >= 15 is 0 Å². The zero-order valence-electron chi connectivity index (χ0n) is 14.4. The minimum Gasteiger partial charge on any atom is -0.488 e. The maximum Gasteiger partial charge on any atom is 0.128 e. The van der Waals surface area contributed by atoms with Crippen molar-refractivity contribution in [2.24, 2.45) is 4.99 Å². The molecule has 0 bridgehead atoms. The molecule has 0 saturated carbocycles. The van der Waals surface area contributed by atoms with Gasteiger partial charge in [0.2, 0.25) is 0 Å². The smallest absolute Gasteiger partial charge is 0.128 e. The third-order valence-electron chi connectivity index (χ3n) is 3.97. The van der Waals surface area contributed by atoms with E-state index in [-0.39, 0.29) is 0 Å². The van der Waals surface area contributed by atoms with Crippen LogP contribution in [0.1, 0.15) is 22.3 Å². The van der Waals surface area contributed by atoms with Crippen LogP contribution in [0.3, 0.4) is 0 Å². The van der Waals surface area contributed by atoms with Gasteiger partial charge < -0.3 is 4.74 Å². The maximum atomic E-state index is 6.20. The van der Waals surface area contributed by atoms with Gasteiger partial charge in [0.1, 0.15) is 12.4 Å². The van der Waals surface area contributed by atoms with E-state index in [9.17, 15) is 0 Å². The van der Waals surface area contributed by atoms with Crippen LogP contribution in [0, 0.1) is 13.8 Å². The molecule has 0 radical (unpaired) electrons. The van der Waals surface area contributed by atoms with Gasteiger partial charge in [0.15, 0.2) is 0 Å². The van der Waals surface area contributed by atoms with Gasteiger partial charge >= 0.3 is 0 Å². The lowest BCUT2D eigenvalue weighted by Gasteiger charge is -2.10. The van der Waals surface area contributed by atoms with Crippen molar-refractivity contribution in [1.29, 1.82) is 0 Å². The van der Waals surface area contributed by atoms with Gasteiger partial charge in [-0.15, -0.1) is 0 Å². The molecule has 0 fully saturated rings. The number of hydrogen-bond donors (Lipinski definition) is 0. The zero-order valence-corrected chi connectivity index (χ0v) is 15.1. The van der Waals surface area contributed by atoms with E-state index < -0.39 is 0 Å². The Morgan fingerprint density at radius 2 is 1.72 bits per heavy atom. The number of hydrogen-bond acceptors (Lipinski definition) is 2. The molecular weight excluding hydrogens is 330 g/mol. The van der Waals surface area contributed by atoms with Crippen LogP contribution in [0.2, 0.25) is 5.02 Å². The summed E-state index contributed by atoms with van der Waals surface area (Å²) in [5.41, 5.74) is 5.22. The van der Waals surface area contributed by atoms with Crippen molar-refractivity contribution in [3.8, 4) is 5.75 Å². The van der Waals surface area contributed by atoms with Crippen LogP contribution in [0.4, 0.5) is 5.69 Å². The summed E-state index contributed by atoms with van der Waals surface area (Å²) in [5, 5.41) is 0.712. The minimum atomic E-state index is 0.425. The Labute approximate surface area is 153 Å². The molecule has 0 atom stereocenters. The lowest BCUT2D eigenvalue weighted by atomic mass is 10.1. The molecule has 0 spiro atoms. The summed E-state index contributed by atoms with van der Waals surface area (Å²) in [5.74, 6) is 0.788. The Hall–Kier alpha value is -2.58. The number of benzene rings is 3. The Balaban J connectivity index is 1.80. The topological polar surface area (TPSA) is 21.6 Å². The fourth-order valence-electron chi connectivity index (χ4n) is 2.49. The van der Waals surface area contributed by atoms with Gasteiger partial charge in [-0.3, -0.25) is 4.99 Å². The summed E-state index contributed by atoms with van der Waals surface area (Å²) >= 11 is 6.20. The molecule has 0 aliphatic heterocycles. The number of aryl methyl sites for hydroxylation is 2. The predicted octanol–water partition coefficient (Wildman–Crippen LogP) is 6.29. The largest absolute Gasteiger partial charge is 0.488 e. The summed E-state index contributed by atoms with van der Waals surface area (Å²) < 4.78 is 5.97. The third-order valence-corrected chi connectivity index (χ3v) is 4.34. The van der Waals surface area contributed by atoms with Crippen LogP contribution in [-0.2, 0) is 6.61 Å². The molecule has 3 aromatic rings. The van der Waals surface area contributed by atoms with Gasteiger partial charge in [-0.2, -0.15) is 0 Å². The molecule has 0 heterocycles. The van der Waals surface area contributed by atoms with Crippen molar-refractivity contribution < 1.29 is 4.74 Å². The summed E-state index contributed by atoms with van der Waals surface area (Å²) in [7, 11) is 0. The fraction of sp³-hybridized carbons (Fsp3) is 0.136. The quantitative estimate of drug-likeness (QED) is 0.496. The number of rotatable bonds is 5. The van der Waals surface area contributed by atoms with Crippen LogP contribution < -0.4 is 4.74 Å². The van der Waals surface area contributed by atoms with Crippen LogP contribution in [0.15, 0.2) is 71.7 Å². The molecule has 0 unspecified atom stereocenters. The number of nitrogens with zero attached hydrogens (tertiary/aromatic N) is 1. The summed E-state index contributed by atoms with van der Waals surface area (Å²) in [6, 6.07) is 21.8.